The molecular weight excluding hydrogens is 432 g/mol. The predicted molar refractivity (Wildman–Crippen MR) is 119 cm³/mol. The number of anilines is 2. The Bertz CT molecular complexity index is 983. The molecule has 0 aliphatic carbocycles. The van der Waals surface area contributed by atoms with E-state index in [-0.39, 0.29) is 12.6 Å². The summed E-state index contributed by atoms with van der Waals surface area (Å²) in [5.74, 6) is -0.255. The number of urea groups is 1. The van der Waals surface area contributed by atoms with Crippen LogP contribution in [0.25, 0.3) is 0 Å². The lowest BCUT2D eigenvalue weighted by Gasteiger charge is -2.33. The van der Waals surface area contributed by atoms with Crippen molar-refractivity contribution in [3.63, 3.8) is 0 Å². The molecule has 170 valence electrons. The van der Waals surface area contributed by atoms with Crippen molar-refractivity contribution in [1.29, 1.82) is 0 Å². The molecule has 1 aromatic heterocycles. The number of carboxylic acids is 1. The van der Waals surface area contributed by atoms with Crippen LogP contribution in [-0.4, -0.2) is 71.5 Å². The Morgan fingerprint density at radius 3 is 2.78 bits per heavy atom. The standard InChI is InChI=1S/C21H26N6O4S/c1-31-13-27-16-10-14(2-3-17(16)32-20-19(27)22-6-7-23-20)12-26-8-4-15(5-9-26)25-21(30)24-11-18(28)29/h2-3,6-7,10,15H,4-5,8-9,11-13H2,1H3,(H,28,29)(H2,24,25,30). The van der Waals surface area contributed by atoms with Crippen LogP contribution in [0.4, 0.5) is 16.3 Å². The number of hydrogen-bond donors (Lipinski definition) is 3. The number of carboxylic acid groups (broad SMARTS) is 1. The fourth-order valence-corrected chi connectivity index (χ4v) is 4.88. The summed E-state index contributed by atoms with van der Waals surface area (Å²) in [5, 5.41) is 14.7. The van der Waals surface area contributed by atoms with E-state index in [0.29, 0.717) is 6.73 Å². The lowest BCUT2D eigenvalue weighted by Crippen LogP contribution is -2.48. The Labute approximate surface area is 190 Å². The number of hydrogen-bond acceptors (Lipinski definition) is 8. The zero-order chi connectivity index (χ0) is 22.5. The molecule has 0 unspecified atom stereocenters. The number of ether oxygens (including phenoxy) is 1. The highest BCUT2D eigenvalue weighted by Gasteiger charge is 2.26. The fourth-order valence-electron chi connectivity index (χ4n) is 3.90. The van der Waals surface area contributed by atoms with Crippen molar-refractivity contribution in [3.8, 4) is 0 Å². The van der Waals surface area contributed by atoms with Crippen LogP contribution in [0.2, 0.25) is 0 Å². The monoisotopic (exact) mass is 458 g/mol. The number of benzene rings is 1. The van der Waals surface area contributed by atoms with Crippen LogP contribution in [0.1, 0.15) is 18.4 Å². The first-order chi connectivity index (χ1) is 15.5. The molecule has 32 heavy (non-hydrogen) atoms. The van der Waals surface area contributed by atoms with Gasteiger partial charge in [0.15, 0.2) is 5.82 Å². The summed E-state index contributed by atoms with van der Waals surface area (Å²) in [5.41, 5.74) is 2.26. The number of methoxy groups -OCH3 is 1. The van der Waals surface area contributed by atoms with Gasteiger partial charge in [0.05, 0.1) is 5.69 Å². The summed E-state index contributed by atoms with van der Waals surface area (Å²) in [4.78, 5) is 36.8. The number of aromatic nitrogens is 2. The van der Waals surface area contributed by atoms with Crippen LogP contribution in [0.5, 0.6) is 0 Å². The van der Waals surface area contributed by atoms with Crippen molar-refractivity contribution in [1.82, 2.24) is 25.5 Å². The maximum absolute atomic E-state index is 11.8. The van der Waals surface area contributed by atoms with Crippen molar-refractivity contribution < 1.29 is 19.4 Å². The van der Waals surface area contributed by atoms with Crippen molar-refractivity contribution in [2.24, 2.45) is 0 Å². The fraction of sp³-hybridized carbons (Fsp3) is 0.429. The molecule has 4 rings (SSSR count). The predicted octanol–water partition coefficient (Wildman–Crippen LogP) is 2.03. The highest BCUT2D eigenvalue weighted by atomic mass is 32.2. The summed E-state index contributed by atoms with van der Waals surface area (Å²) >= 11 is 1.61. The first kappa shape index (κ1) is 22.3. The molecule has 0 saturated carbocycles. The number of nitrogens with one attached hydrogen (secondary N) is 2. The molecule has 10 nitrogen and oxygen atoms in total. The first-order valence-electron chi connectivity index (χ1n) is 10.4. The van der Waals surface area contributed by atoms with Gasteiger partial charge >= 0.3 is 12.0 Å². The molecule has 1 aromatic carbocycles. The zero-order valence-corrected chi connectivity index (χ0v) is 18.6. The van der Waals surface area contributed by atoms with Gasteiger partial charge in [-0.25, -0.2) is 14.8 Å². The van der Waals surface area contributed by atoms with Crippen molar-refractivity contribution >= 4 is 35.3 Å². The van der Waals surface area contributed by atoms with Gasteiger partial charge in [-0.3, -0.25) is 14.6 Å². The third-order valence-electron chi connectivity index (χ3n) is 5.41. The molecule has 0 radical (unpaired) electrons. The number of piperidine rings is 1. The Morgan fingerprint density at radius 2 is 2.03 bits per heavy atom. The van der Waals surface area contributed by atoms with E-state index in [1.165, 1.54) is 5.56 Å². The Kier molecular flexibility index (Phi) is 7.08. The topological polar surface area (TPSA) is 120 Å². The van der Waals surface area contributed by atoms with E-state index in [9.17, 15) is 9.59 Å². The highest BCUT2D eigenvalue weighted by Crippen LogP contribution is 2.46. The second-order valence-corrected chi connectivity index (χ2v) is 8.74. The molecular formula is C21H26N6O4S. The minimum Gasteiger partial charge on any atom is -0.480 e. The molecule has 2 aliphatic rings. The highest BCUT2D eigenvalue weighted by molar-refractivity contribution is 7.99. The molecule has 1 saturated heterocycles. The van der Waals surface area contributed by atoms with E-state index in [2.05, 4.69) is 43.7 Å². The van der Waals surface area contributed by atoms with E-state index < -0.39 is 12.0 Å². The lowest BCUT2D eigenvalue weighted by atomic mass is 10.0. The molecule has 1 fully saturated rings. The maximum Gasteiger partial charge on any atom is 0.323 e. The first-order valence-corrected chi connectivity index (χ1v) is 11.2. The Balaban J connectivity index is 1.36. The van der Waals surface area contributed by atoms with Crippen LogP contribution in [0.15, 0.2) is 40.5 Å². The summed E-state index contributed by atoms with van der Waals surface area (Å²) < 4.78 is 5.43. The SMILES string of the molecule is COCN1c2cc(CN3CCC(NC(=O)NCC(=O)O)CC3)ccc2Sc2nccnc21. The van der Waals surface area contributed by atoms with E-state index >= 15 is 0 Å². The van der Waals surface area contributed by atoms with Crippen molar-refractivity contribution in [2.75, 3.05) is 38.4 Å². The van der Waals surface area contributed by atoms with E-state index in [1.54, 1.807) is 31.3 Å². The van der Waals surface area contributed by atoms with Crippen LogP contribution in [0.3, 0.4) is 0 Å². The Morgan fingerprint density at radius 1 is 1.25 bits per heavy atom. The third-order valence-corrected chi connectivity index (χ3v) is 6.46. The van der Waals surface area contributed by atoms with Gasteiger partial charge in [0.2, 0.25) is 0 Å². The average molecular weight is 459 g/mol. The van der Waals surface area contributed by atoms with Crippen LogP contribution >= 0.6 is 11.8 Å². The number of likely N-dealkylation sites (tertiary alicyclic amines) is 1. The van der Waals surface area contributed by atoms with Crippen LogP contribution in [-0.2, 0) is 16.1 Å². The molecule has 3 heterocycles. The number of aliphatic carboxylic acids is 1. The summed E-state index contributed by atoms with van der Waals surface area (Å²) in [6.07, 6.45) is 5.03. The summed E-state index contributed by atoms with van der Waals surface area (Å²) in [6.45, 7) is 2.53. The van der Waals surface area contributed by atoms with E-state index in [4.69, 9.17) is 9.84 Å². The van der Waals surface area contributed by atoms with Crippen LogP contribution < -0.4 is 15.5 Å². The van der Waals surface area contributed by atoms with Crippen LogP contribution in [0, 0.1) is 0 Å². The zero-order valence-electron chi connectivity index (χ0n) is 17.8. The molecule has 2 amide bonds. The number of amides is 2. The van der Waals surface area contributed by atoms with Gasteiger partial charge in [-0.1, -0.05) is 17.8 Å². The minimum absolute atomic E-state index is 0.0484. The second kappa shape index (κ2) is 10.2. The molecule has 2 aromatic rings. The maximum atomic E-state index is 11.8. The van der Waals surface area contributed by atoms with Crippen molar-refractivity contribution in [2.45, 2.75) is 35.3 Å². The van der Waals surface area contributed by atoms with Gasteiger partial charge in [-0.2, -0.15) is 0 Å². The van der Waals surface area contributed by atoms with E-state index in [0.717, 1.165) is 53.9 Å². The van der Waals surface area contributed by atoms with Gasteiger partial charge in [-0.15, -0.1) is 0 Å². The molecule has 3 N–H and O–H groups in total. The van der Waals surface area contributed by atoms with Crippen molar-refractivity contribution in [3.05, 3.63) is 36.2 Å². The molecule has 2 aliphatic heterocycles. The molecule has 0 atom stereocenters. The summed E-state index contributed by atoms with van der Waals surface area (Å²) in [6, 6.07) is 6.06. The molecule has 11 heteroatoms. The van der Waals surface area contributed by atoms with Gasteiger partial charge in [0.1, 0.15) is 18.3 Å². The lowest BCUT2D eigenvalue weighted by molar-refractivity contribution is -0.135. The van der Waals surface area contributed by atoms with E-state index in [1.807, 2.05) is 4.90 Å². The largest absolute Gasteiger partial charge is 0.480 e. The molecule has 0 spiro atoms. The average Bonchev–Trinajstić information content (AvgIpc) is 2.79. The molecule has 0 bridgehead atoms. The number of rotatable bonds is 7. The minimum atomic E-state index is -1.06. The summed E-state index contributed by atoms with van der Waals surface area (Å²) in [7, 11) is 1.67. The smallest absolute Gasteiger partial charge is 0.323 e. The van der Waals surface area contributed by atoms with Gasteiger partial charge in [-0.05, 0) is 30.5 Å². The van der Waals surface area contributed by atoms with Gasteiger partial charge in [0.25, 0.3) is 0 Å². The number of carbonyl (C=O) groups excluding carboxylic acids is 1. The van der Waals surface area contributed by atoms with Gasteiger partial charge < -0.3 is 20.5 Å². The Hall–Kier alpha value is -2.89. The normalized spacial score (nSPS) is 16.2. The van der Waals surface area contributed by atoms with Gasteiger partial charge in [0, 0.05) is 50.1 Å². The number of nitrogens with zero attached hydrogens (tertiary/aromatic N) is 4. The number of fused-ring (bicyclic) bond motifs is 2. The third kappa shape index (κ3) is 5.29. The quantitative estimate of drug-likeness (QED) is 0.572. The second-order valence-electron chi connectivity index (χ2n) is 7.71. The number of carbonyl (C=O) groups is 2.